The first-order valence-electron chi connectivity index (χ1n) is 14.8. The van der Waals surface area contributed by atoms with E-state index in [4.69, 9.17) is 14.7 Å². The van der Waals surface area contributed by atoms with Crippen molar-refractivity contribution in [3.63, 3.8) is 0 Å². The quantitative estimate of drug-likeness (QED) is 0.104. The molecule has 0 fully saturated rings. The molecule has 0 radical (unpaired) electrons. The number of rotatable bonds is 2. The van der Waals surface area contributed by atoms with Crippen LogP contribution in [0.3, 0.4) is 0 Å². The molecule has 10 aromatic rings. The summed E-state index contributed by atoms with van der Waals surface area (Å²) in [5.41, 5.74) is 10.6. The summed E-state index contributed by atoms with van der Waals surface area (Å²) >= 11 is 0. The van der Waals surface area contributed by atoms with Crippen LogP contribution >= 0.6 is 0 Å². The number of aromatic nitrogens is 6. The molecule has 5 aromatic carbocycles. The van der Waals surface area contributed by atoms with Crippen LogP contribution in [-0.4, -0.2) is 28.7 Å². The smallest absolute Gasteiger partial charge is 0.497 e. The largest absolute Gasteiger partial charge is 2.00 e. The van der Waals surface area contributed by atoms with E-state index < -0.39 is 0 Å². The summed E-state index contributed by atoms with van der Waals surface area (Å²) in [4.78, 5) is 19.4. The topological polar surface area (TPSA) is 69.6 Å². The molecule has 0 spiro atoms. The van der Waals surface area contributed by atoms with E-state index >= 15 is 0 Å². The van der Waals surface area contributed by atoms with Gasteiger partial charge in [0.15, 0.2) is 0 Å². The van der Waals surface area contributed by atoms with E-state index in [-0.39, 0.29) is 20.4 Å². The zero-order valence-corrected chi connectivity index (χ0v) is 26.2. The van der Waals surface area contributed by atoms with E-state index in [0.717, 1.165) is 77.0 Å². The van der Waals surface area contributed by atoms with Crippen molar-refractivity contribution >= 4 is 77.0 Å². The van der Waals surface area contributed by atoms with E-state index in [9.17, 15) is 0 Å². The van der Waals surface area contributed by atoms with Crippen molar-refractivity contribution in [3.05, 3.63) is 121 Å². The van der Waals surface area contributed by atoms with Crippen LogP contribution in [0.4, 0.5) is 0 Å². The number of imidazole rings is 2. The molecule has 0 atom stereocenters. The molecule has 0 bridgehead atoms. The van der Waals surface area contributed by atoms with Gasteiger partial charge in [0.1, 0.15) is 5.65 Å². The van der Waals surface area contributed by atoms with Gasteiger partial charge in [-0.15, -0.1) is 12.1 Å². The van der Waals surface area contributed by atoms with Crippen LogP contribution < -0.4 is 4.74 Å². The van der Waals surface area contributed by atoms with Crippen molar-refractivity contribution in [1.29, 1.82) is 0 Å². The van der Waals surface area contributed by atoms with Crippen LogP contribution in [0, 0.1) is 26.0 Å². The van der Waals surface area contributed by atoms with Crippen LogP contribution in [0.1, 0.15) is 11.1 Å². The number of pyridine rings is 2. The number of aryl methyl sites for hydroxylation is 2. The Bertz CT molecular complexity index is 2890. The van der Waals surface area contributed by atoms with E-state index in [0.29, 0.717) is 11.5 Å². The predicted octanol–water partition coefficient (Wildman–Crippen LogP) is 8.70. The second-order valence-corrected chi connectivity index (χ2v) is 11.5. The summed E-state index contributed by atoms with van der Waals surface area (Å²) in [6.07, 6.45) is 3.43. The molecule has 46 heavy (non-hydrogen) atoms. The average Bonchev–Trinajstić information content (AvgIpc) is 3.66. The molecule has 8 heteroatoms. The average molecular weight is 685 g/mol. The number of para-hydroxylation sites is 4. The second-order valence-electron chi connectivity index (χ2n) is 11.5. The number of ether oxygens (including phenoxy) is 1. The normalized spacial score (nSPS) is 12.0. The van der Waals surface area contributed by atoms with E-state index in [1.54, 1.807) is 12.4 Å². The third-order valence-corrected chi connectivity index (χ3v) is 8.92. The molecule has 0 saturated carbocycles. The molecule has 0 aliphatic carbocycles. The number of hydrogen-bond donors (Lipinski definition) is 0. The van der Waals surface area contributed by atoms with Gasteiger partial charge in [-0.05, 0) is 60.7 Å². The van der Waals surface area contributed by atoms with Gasteiger partial charge in [0.2, 0.25) is 0 Å². The predicted molar refractivity (Wildman–Crippen MR) is 178 cm³/mol. The molecule has 0 aliphatic heterocycles. The van der Waals surface area contributed by atoms with E-state index in [2.05, 4.69) is 81.1 Å². The Morgan fingerprint density at radius 3 is 1.89 bits per heavy atom. The Kier molecular flexibility index (Phi) is 5.73. The van der Waals surface area contributed by atoms with Crippen LogP contribution in [0.2, 0.25) is 0 Å². The molecule has 0 aliphatic rings. The van der Waals surface area contributed by atoms with E-state index in [1.807, 2.05) is 48.5 Å². The summed E-state index contributed by atoms with van der Waals surface area (Å²) in [5.74, 6) is 1.15. The van der Waals surface area contributed by atoms with Gasteiger partial charge in [0, 0.05) is 29.4 Å². The summed E-state index contributed by atoms with van der Waals surface area (Å²) in [6, 6.07) is 35.9. The maximum absolute atomic E-state index is 6.49. The molecule has 7 nitrogen and oxygen atoms in total. The second kappa shape index (κ2) is 9.79. The van der Waals surface area contributed by atoms with Crippen molar-refractivity contribution in [2.45, 2.75) is 13.8 Å². The van der Waals surface area contributed by atoms with Crippen molar-refractivity contribution < 1.29 is 25.2 Å². The van der Waals surface area contributed by atoms with Gasteiger partial charge in [-0.25, -0.2) is 4.98 Å². The van der Waals surface area contributed by atoms with Gasteiger partial charge in [-0.2, -0.15) is 0 Å². The zero-order valence-electron chi connectivity index (χ0n) is 24.6. The molecule has 220 valence electrons. The van der Waals surface area contributed by atoms with Crippen LogP contribution in [0.25, 0.3) is 77.0 Å². The molecule has 5 heterocycles. The van der Waals surface area contributed by atoms with Crippen molar-refractivity contribution in [3.8, 4) is 11.5 Å². The monoisotopic (exact) mass is 684 g/mol. The minimum absolute atomic E-state index is 0. The molecular weight excluding hydrogens is 663 g/mol. The van der Waals surface area contributed by atoms with Crippen molar-refractivity contribution in [1.82, 2.24) is 28.7 Å². The fourth-order valence-corrected chi connectivity index (χ4v) is 6.69. The van der Waals surface area contributed by atoms with Gasteiger partial charge >= 0.3 is 20.4 Å². The molecule has 0 N–H and O–H groups in total. The maximum Gasteiger partial charge on any atom is 2.00 e. The Labute approximate surface area is 275 Å². The van der Waals surface area contributed by atoms with Gasteiger partial charge in [0.05, 0.1) is 38.9 Å². The summed E-state index contributed by atoms with van der Waals surface area (Å²) in [5, 5.41) is 4.88. The Balaban J connectivity index is 0.00000292. The van der Waals surface area contributed by atoms with Crippen molar-refractivity contribution in [2.75, 3.05) is 0 Å². The third-order valence-electron chi connectivity index (χ3n) is 8.92. The van der Waals surface area contributed by atoms with Gasteiger partial charge in [-0.1, -0.05) is 76.1 Å². The number of nitrogens with zero attached hydrogens (tertiary/aromatic N) is 6. The summed E-state index contributed by atoms with van der Waals surface area (Å²) in [7, 11) is 0. The number of benzene rings is 5. The van der Waals surface area contributed by atoms with Gasteiger partial charge in [-0.3, -0.25) is 15.0 Å². The molecule has 0 saturated heterocycles. The zero-order chi connectivity index (χ0) is 29.8. The van der Waals surface area contributed by atoms with Gasteiger partial charge in [0.25, 0.3) is 0 Å². The maximum atomic E-state index is 6.49. The first-order valence-corrected chi connectivity index (χ1v) is 14.8. The minimum atomic E-state index is 0. The van der Waals surface area contributed by atoms with Crippen LogP contribution in [0.15, 0.2) is 97.3 Å². The van der Waals surface area contributed by atoms with Crippen LogP contribution in [-0.2, 0) is 20.4 Å². The Morgan fingerprint density at radius 2 is 1.15 bits per heavy atom. The Hall–Kier alpha value is -5.42. The SMILES string of the molecule is Cc1cc2c3ccc(Oc4[c-]c5c(cc4)c4nccnc4n4c6ccccc6nc54)[c-]c3c3nc4ccccc4n3c2cc1C.[Pd+2]. The molecule has 0 unspecified atom stereocenters. The first kappa shape index (κ1) is 26.9. The standard InChI is InChI=1S/C38H22N6O.Pd/c1-21-17-27-25-13-11-23(19-28(25)36-41-30-7-3-5-9-32(30)43(36)34(27)18-22(21)2)45-24-12-14-26-29(20-24)37-42-31-8-4-6-10-33(31)44(37)38-35(26)39-15-16-40-38;/h3-18H,1-2H3;/q-2;+2. The van der Waals surface area contributed by atoms with Crippen LogP contribution in [0.5, 0.6) is 11.5 Å². The summed E-state index contributed by atoms with van der Waals surface area (Å²) < 4.78 is 10.8. The minimum Gasteiger partial charge on any atom is -0.497 e. The number of hydrogen-bond acceptors (Lipinski definition) is 5. The number of fused-ring (bicyclic) bond motifs is 16. The molecular formula is C38H22N6OPd. The molecule has 10 rings (SSSR count). The van der Waals surface area contributed by atoms with E-state index in [1.165, 1.54) is 11.1 Å². The summed E-state index contributed by atoms with van der Waals surface area (Å²) in [6.45, 7) is 4.31. The first-order chi connectivity index (χ1) is 22.1. The van der Waals surface area contributed by atoms with Gasteiger partial charge < -0.3 is 13.5 Å². The third kappa shape index (κ3) is 3.69. The fourth-order valence-electron chi connectivity index (χ4n) is 6.69. The van der Waals surface area contributed by atoms with Crippen molar-refractivity contribution in [2.24, 2.45) is 0 Å². The molecule has 5 aromatic heterocycles. The molecule has 0 amide bonds. The Morgan fingerprint density at radius 1 is 0.565 bits per heavy atom. The fraction of sp³-hybridized carbons (Fsp3) is 0.0526.